The van der Waals surface area contributed by atoms with Crippen LogP contribution in [-0.2, 0) is 0 Å². The highest BCUT2D eigenvalue weighted by atomic mass is 32.2. The maximum atomic E-state index is 2.56. The van der Waals surface area contributed by atoms with Gasteiger partial charge in [0.25, 0.3) is 0 Å². The van der Waals surface area contributed by atoms with E-state index in [1.54, 1.807) is 0 Å². The van der Waals surface area contributed by atoms with Gasteiger partial charge in [-0.25, -0.2) is 0 Å². The molecule has 0 saturated heterocycles. The van der Waals surface area contributed by atoms with E-state index in [0.717, 1.165) is 11.8 Å². The SMILES string of the molecule is CCCCCCCCSC1(C)CC2CC1CC2(C)C. The zero-order valence-corrected chi connectivity index (χ0v) is 14.5. The van der Waals surface area contributed by atoms with Crippen molar-refractivity contribution in [2.24, 2.45) is 17.3 Å². The second-order valence-corrected chi connectivity index (χ2v) is 9.58. The van der Waals surface area contributed by atoms with Crippen LogP contribution < -0.4 is 0 Å². The molecule has 2 fully saturated rings. The third kappa shape index (κ3) is 3.71. The number of unbranched alkanes of at least 4 members (excludes halogenated alkanes) is 5. The summed E-state index contributed by atoms with van der Waals surface area (Å²) in [5.74, 6) is 3.43. The van der Waals surface area contributed by atoms with Crippen LogP contribution in [0.4, 0.5) is 0 Å². The van der Waals surface area contributed by atoms with E-state index in [9.17, 15) is 0 Å². The molecule has 0 spiro atoms. The highest BCUT2D eigenvalue weighted by molar-refractivity contribution is 8.00. The maximum absolute atomic E-state index is 2.56. The van der Waals surface area contributed by atoms with E-state index < -0.39 is 0 Å². The maximum Gasteiger partial charge on any atom is 0.0163 e. The molecule has 2 rings (SSSR count). The van der Waals surface area contributed by atoms with Crippen molar-refractivity contribution in [1.29, 1.82) is 0 Å². The standard InChI is InChI=1S/C18H34S/c1-5-6-7-8-9-10-11-19-18(4)14-15-12-16(18)13-17(15,2)3/h15-16H,5-14H2,1-4H3. The Kier molecular flexibility index (Phi) is 5.31. The van der Waals surface area contributed by atoms with Gasteiger partial charge in [-0.1, -0.05) is 59.8 Å². The van der Waals surface area contributed by atoms with E-state index in [4.69, 9.17) is 0 Å². The van der Waals surface area contributed by atoms with Crippen molar-refractivity contribution in [3.05, 3.63) is 0 Å². The van der Waals surface area contributed by atoms with Crippen LogP contribution in [0.25, 0.3) is 0 Å². The molecule has 1 heteroatoms. The predicted octanol–water partition coefficient (Wildman–Crippen LogP) is 6.29. The number of hydrogen-bond donors (Lipinski definition) is 0. The summed E-state index contributed by atoms with van der Waals surface area (Å²) < 4.78 is 0.629. The van der Waals surface area contributed by atoms with Crippen LogP contribution in [-0.4, -0.2) is 10.5 Å². The van der Waals surface area contributed by atoms with Gasteiger partial charge in [0.15, 0.2) is 0 Å². The lowest BCUT2D eigenvalue weighted by Crippen LogP contribution is -2.34. The molecule has 0 aliphatic heterocycles. The largest absolute Gasteiger partial charge is 0.155 e. The van der Waals surface area contributed by atoms with Crippen molar-refractivity contribution < 1.29 is 0 Å². The minimum absolute atomic E-state index is 0.629. The second kappa shape index (κ2) is 6.41. The van der Waals surface area contributed by atoms with E-state index >= 15 is 0 Å². The van der Waals surface area contributed by atoms with Crippen LogP contribution >= 0.6 is 11.8 Å². The number of fused-ring (bicyclic) bond motifs is 2. The predicted molar refractivity (Wildman–Crippen MR) is 88.9 cm³/mol. The molecule has 0 N–H and O–H groups in total. The zero-order chi connectivity index (χ0) is 13.9. The average Bonchev–Trinajstić information content (AvgIpc) is 2.81. The third-order valence-corrected chi connectivity index (χ3v) is 7.54. The van der Waals surface area contributed by atoms with Crippen molar-refractivity contribution >= 4 is 11.8 Å². The van der Waals surface area contributed by atoms with Crippen LogP contribution in [0.5, 0.6) is 0 Å². The normalized spacial score (nSPS) is 36.0. The van der Waals surface area contributed by atoms with Crippen LogP contribution in [0.2, 0.25) is 0 Å². The van der Waals surface area contributed by atoms with Crippen molar-refractivity contribution in [2.75, 3.05) is 5.75 Å². The van der Waals surface area contributed by atoms with Gasteiger partial charge >= 0.3 is 0 Å². The summed E-state index contributed by atoms with van der Waals surface area (Å²) in [6.45, 7) is 9.85. The molecular formula is C18H34S. The van der Waals surface area contributed by atoms with E-state index in [2.05, 4.69) is 39.5 Å². The Morgan fingerprint density at radius 3 is 2.16 bits per heavy atom. The zero-order valence-electron chi connectivity index (χ0n) is 13.6. The van der Waals surface area contributed by atoms with E-state index in [1.807, 2.05) is 0 Å². The quantitative estimate of drug-likeness (QED) is 0.471. The van der Waals surface area contributed by atoms with Gasteiger partial charge in [0.05, 0.1) is 0 Å². The van der Waals surface area contributed by atoms with E-state index in [-0.39, 0.29) is 0 Å². The van der Waals surface area contributed by atoms with Crippen LogP contribution in [0.3, 0.4) is 0 Å². The molecule has 0 aromatic rings. The minimum Gasteiger partial charge on any atom is -0.155 e. The van der Waals surface area contributed by atoms with Gasteiger partial charge in [0.1, 0.15) is 0 Å². The third-order valence-electron chi connectivity index (χ3n) is 5.89. The summed E-state index contributed by atoms with van der Waals surface area (Å²) in [5, 5.41) is 0. The lowest BCUT2D eigenvalue weighted by atomic mass is 9.73. The molecule has 19 heavy (non-hydrogen) atoms. The van der Waals surface area contributed by atoms with Gasteiger partial charge in [-0.05, 0) is 48.7 Å². The van der Waals surface area contributed by atoms with Crippen molar-refractivity contribution in [1.82, 2.24) is 0 Å². The highest BCUT2D eigenvalue weighted by Gasteiger charge is 2.55. The van der Waals surface area contributed by atoms with Gasteiger partial charge < -0.3 is 0 Å². The summed E-state index contributed by atoms with van der Waals surface area (Å²) in [7, 11) is 0. The second-order valence-electron chi connectivity index (χ2n) is 7.96. The summed E-state index contributed by atoms with van der Waals surface area (Å²) in [6, 6.07) is 0. The lowest BCUT2D eigenvalue weighted by molar-refractivity contribution is 0.195. The summed E-state index contributed by atoms with van der Waals surface area (Å²) in [4.78, 5) is 0. The topological polar surface area (TPSA) is 0 Å². The Hall–Kier alpha value is 0.350. The number of rotatable bonds is 8. The van der Waals surface area contributed by atoms with Gasteiger partial charge in [0, 0.05) is 4.75 Å². The average molecular weight is 283 g/mol. The van der Waals surface area contributed by atoms with Gasteiger partial charge in [-0.15, -0.1) is 0 Å². The Balaban J connectivity index is 1.62. The van der Waals surface area contributed by atoms with Crippen LogP contribution in [0.15, 0.2) is 0 Å². The highest BCUT2D eigenvalue weighted by Crippen LogP contribution is 2.63. The molecule has 112 valence electrons. The van der Waals surface area contributed by atoms with E-state index in [0.29, 0.717) is 10.2 Å². The molecule has 0 aromatic carbocycles. The van der Waals surface area contributed by atoms with Crippen molar-refractivity contribution in [2.45, 2.75) is 90.2 Å². The van der Waals surface area contributed by atoms with Gasteiger partial charge in [0.2, 0.25) is 0 Å². The smallest absolute Gasteiger partial charge is 0.0163 e. The first-order valence-electron chi connectivity index (χ1n) is 8.62. The van der Waals surface area contributed by atoms with Crippen LogP contribution in [0.1, 0.15) is 85.5 Å². The fraction of sp³-hybridized carbons (Fsp3) is 1.00. The van der Waals surface area contributed by atoms with Gasteiger partial charge in [-0.3, -0.25) is 0 Å². The monoisotopic (exact) mass is 282 g/mol. The minimum atomic E-state index is 0.629. The molecule has 0 aromatic heterocycles. The molecule has 2 saturated carbocycles. The van der Waals surface area contributed by atoms with Gasteiger partial charge in [-0.2, -0.15) is 11.8 Å². The van der Waals surface area contributed by atoms with E-state index in [1.165, 1.54) is 63.5 Å². The molecule has 2 bridgehead atoms. The molecule has 0 amide bonds. The summed E-state index contributed by atoms with van der Waals surface area (Å²) in [6.07, 6.45) is 13.1. The molecule has 3 atom stereocenters. The Bertz CT molecular complexity index is 283. The molecule has 0 radical (unpaired) electrons. The van der Waals surface area contributed by atoms with Crippen molar-refractivity contribution in [3.63, 3.8) is 0 Å². The Labute approximate surface area is 125 Å². The number of thioether (sulfide) groups is 1. The first-order valence-corrected chi connectivity index (χ1v) is 9.60. The molecule has 3 unspecified atom stereocenters. The summed E-state index contributed by atoms with van der Waals surface area (Å²) in [5.41, 5.74) is 0.644. The lowest BCUT2D eigenvalue weighted by Gasteiger charge is -2.40. The molecule has 2 aliphatic rings. The Morgan fingerprint density at radius 1 is 0.895 bits per heavy atom. The molecule has 0 nitrogen and oxygen atoms in total. The Morgan fingerprint density at radius 2 is 1.58 bits per heavy atom. The fourth-order valence-electron chi connectivity index (χ4n) is 4.39. The first-order chi connectivity index (χ1) is 8.98. The first kappa shape index (κ1) is 15.7. The molecule has 2 aliphatic carbocycles. The fourth-order valence-corrected chi connectivity index (χ4v) is 5.94. The van der Waals surface area contributed by atoms with Crippen molar-refractivity contribution in [3.8, 4) is 0 Å². The summed E-state index contributed by atoms with van der Waals surface area (Å²) >= 11 is 2.31. The molecular weight excluding hydrogens is 248 g/mol. The number of hydrogen-bond acceptors (Lipinski definition) is 1. The molecule has 0 heterocycles. The van der Waals surface area contributed by atoms with Crippen LogP contribution in [0, 0.1) is 17.3 Å².